The minimum absolute atomic E-state index is 0.306. The van der Waals surface area contributed by atoms with E-state index < -0.39 is 9.84 Å². The molecule has 6 nitrogen and oxygen atoms in total. The molecule has 1 aromatic rings. The molecule has 1 aliphatic rings. The molecule has 20 heavy (non-hydrogen) atoms. The lowest BCUT2D eigenvalue weighted by Crippen LogP contribution is -2.22. The first-order valence-electron chi connectivity index (χ1n) is 7.19. The van der Waals surface area contributed by atoms with Gasteiger partial charge in [0.15, 0.2) is 15.7 Å². The lowest BCUT2D eigenvalue weighted by Gasteiger charge is -2.16. The summed E-state index contributed by atoms with van der Waals surface area (Å²) in [5.41, 5.74) is 0. The van der Waals surface area contributed by atoms with Gasteiger partial charge >= 0.3 is 0 Å². The fraction of sp³-hybridized carbons (Fsp3) is 0.846. The second-order valence-corrected chi connectivity index (χ2v) is 7.88. The van der Waals surface area contributed by atoms with E-state index >= 15 is 0 Å². The number of aromatic nitrogens is 2. The number of nitrogens with zero attached hydrogens (tertiary/aromatic N) is 3. The Balaban J connectivity index is 1.73. The summed E-state index contributed by atoms with van der Waals surface area (Å²) in [7, 11) is -0.771. The predicted octanol–water partition coefficient (Wildman–Crippen LogP) is 1.28. The highest BCUT2D eigenvalue weighted by Gasteiger charge is 2.27. The van der Waals surface area contributed by atoms with E-state index in [0.717, 1.165) is 38.1 Å². The normalized spacial score (nSPS) is 21.6. The first-order chi connectivity index (χ1) is 9.48. The van der Waals surface area contributed by atoms with Crippen LogP contribution in [0.25, 0.3) is 0 Å². The van der Waals surface area contributed by atoms with E-state index in [1.54, 1.807) is 0 Å². The summed E-state index contributed by atoms with van der Waals surface area (Å²) in [6, 6.07) is 0. The zero-order chi connectivity index (χ0) is 14.6. The molecular weight excluding hydrogens is 278 g/mol. The lowest BCUT2D eigenvalue weighted by molar-refractivity contribution is 0.253. The molecule has 2 heterocycles. The van der Waals surface area contributed by atoms with Gasteiger partial charge in [-0.25, -0.2) is 8.42 Å². The van der Waals surface area contributed by atoms with Crippen LogP contribution in [-0.4, -0.2) is 48.6 Å². The largest absolute Gasteiger partial charge is 0.338 e. The zero-order valence-electron chi connectivity index (χ0n) is 12.2. The van der Waals surface area contributed by atoms with Crippen LogP contribution in [0.3, 0.4) is 0 Å². The molecule has 0 aromatic carbocycles. The van der Waals surface area contributed by atoms with Gasteiger partial charge in [0.25, 0.3) is 0 Å². The van der Waals surface area contributed by atoms with E-state index in [-0.39, 0.29) is 0 Å². The molecule has 7 heteroatoms. The van der Waals surface area contributed by atoms with Gasteiger partial charge in [-0.1, -0.05) is 12.1 Å². The fourth-order valence-corrected chi connectivity index (χ4v) is 4.40. The number of hydrogen-bond donors (Lipinski definition) is 0. The van der Waals surface area contributed by atoms with Gasteiger partial charge in [0, 0.05) is 6.42 Å². The molecule has 2 rings (SSSR count). The van der Waals surface area contributed by atoms with Crippen LogP contribution in [0.4, 0.5) is 0 Å². The molecule has 0 N–H and O–H groups in total. The monoisotopic (exact) mass is 301 g/mol. The van der Waals surface area contributed by atoms with Gasteiger partial charge in [0.05, 0.1) is 18.1 Å². The Bertz CT molecular complexity index is 527. The molecule has 0 amide bonds. The summed E-state index contributed by atoms with van der Waals surface area (Å²) in [6.45, 7) is 3.56. The third-order valence-electron chi connectivity index (χ3n) is 3.63. The van der Waals surface area contributed by atoms with Gasteiger partial charge in [0.1, 0.15) is 0 Å². The molecule has 0 unspecified atom stereocenters. The molecule has 0 saturated carbocycles. The van der Waals surface area contributed by atoms with E-state index in [2.05, 4.69) is 22.0 Å². The van der Waals surface area contributed by atoms with Crippen LogP contribution in [0, 0.1) is 5.92 Å². The highest BCUT2D eigenvalue weighted by atomic mass is 32.2. The van der Waals surface area contributed by atoms with Gasteiger partial charge in [0.2, 0.25) is 5.89 Å². The Hall–Kier alpha value is -0.950. The Kier molecular flexibility index (Phi) is 5.15. The highest BCUT2D eigenvalue weighted by Crippen LogP contribution is 2.21. The topological polar surface area (TPSA) is 76.3 Å². The summed E-state index contributed by atoms with van der Waals surface area (Å²) in [6.07, 6.45) is 3.56. The SMILES string of the molecule is CCCc1noc(CN(C)CC[C@H]2CCS(=O)(=O)C2)n1. The molecule has 0 radical (unpaired) electrons. The van der Waals surface area contributed by atoms with Crippen LogP contribution in [0.5, 0.6) is 0 Å². The summed E-state index contributed by atoms with van der Waals surface area (Å²) in [5.74, 6) is 2.40. The summed E-state index contributed by atoms with van der Waals surface area (Å²) < 4.78 is 28.0. The zero-order valence-corrected chi connectivity index (χ0v) is 13.0. The van der Waals surface area contributed by atoms with Crippen molar-refractivity contribution in [1.29, 1.82) is 0 Å². The van der Waals surface area contributed by atoms with E-state index in [1.807, 2.05) is 7.05 Å². The van der Waals surface area contributed by atoms with Gasteiger partial charge in [-0.05, 0) is 38.8 Å². The first-order valence-corrected chi connectivity index (χ1v) is 9.01. The molecule has 1 aromatic heterocycles. The molecule has 1 aliphatic heterocycles. The van der Waals surface area contributed by atoms with Crippen molar-refractivity contribution in [2.75, 3.05) is 25.1 Å². The van der Waals surface area contributed by atoms with Crippen molar-refractivity contribution in [2.45, 2.75) is 39.2 Å². The molecule has 1 saturated heterocycles. The maximum atomic E-state index is 11.4. The van der Waals surface area contributed by atoms with Gasteiger partial charge < -0.3 is 4.52 Å². The molecule has 114 valence electrons. The third kappa shape index (κ3) is 4.56. The van der Waals surface area contributed by atoms with Crippen LogP contribution in [0.1, 0.15) is 37.9 Å². The molecule has 0 bridgehead atoms. The Labute approximate surface area is 120 Å². The van der Waals surface area contributed by atoms with Crippen LogP contribution in [0.2, 0.25) is 0 Å². The number of rotatable bonds is 7. The maximum absolute atomic E-state index is 11.4. The Morgan fingerprint density at radius 3 is 2.90 bits per heavy atom. The number of hydrogen-bond acceptors (Lipinski definition) is 6. The van der Waals surface area contributed by atoms with Crippen molar-refractivity contribution >= 4 is 9.84 Å². The Morgan fingerprint density at radius 2 is 2.25 bits per heavy atom. The van der Waals surface area contributed by atoms with Crippen molar-refractivity contribution in [3.8, 4) is 0 Å². The molecule has 1 atom stereocenters. The number of sulfone groups is 1. The first kappa shape index (κ1) is 15.4. The quantitative estimate of drug-likeness (QED) is 0.755. The minimum Gasteiger partial charge on any atom is -0.338 e. The molecule has 1 fully saturated rings. The minimum atomic E-state index is -2.76. The van der Waals surface area contributed by atoms with Crippen LogP contribution in [0.15, 0.2) is 4.52 Å². The molecule has 0 spiro atoms. The van der Waals surface area contributed by atoms with Crippen molar-refractivity contribution in [3.05, 3.63) is 11.7 Å². The second-order valence-electron chi connectivity index (χ2n) is 5.65. The molecule has 0 aliphatic carbocycles. The highest BCUT2D eigenvalue weighted by molar-refractivity contribution is 7.91. The second kappa shape index (κ2) is 6.67. The van der Waals surface area contributed by atoms with E-state index in [9.17, 15) is 8.42 Å². The van der Waals surface area contributed by atoms with E-state index in [0.29, 0.717) is 29.9 Å². The number of aryl methyl sites for hydroxylation is 1. The summed E-state index contributed by atoms with van der Waals surface area (Å²) >= 11 is 0. The average Bonchev–Trinajstić information content (AvgIpc) is 2.94. The Morgan fingerprint density at radius 1 is 1.45 bits per heavy atom. The smallest absolute Gasteiger partial charge is 0.240 e. The van der Waals surface area contributed by atoms with Gasteiger partial charge in [-0.3, -0.25) is 4.90 Å². The van der Waals surface area contributed by atoms with Crippen LogP contribution < -0.4 is 0 Å². The van der Waals surface area contributed by atoms with Crippen LogP contribution in [-0.2, 0) is 22.8 Å². The van der Waals surface area contributed by atoms with Crippen molar-refractivity contribution in [2.24, 2.45) is 5.92 Å². The van der Waals surface area contributed by atoms with E-state index in [4.69, 9.17) is 4.52 Å². The lowest BCUT2D eigenvalue weighted by atomic mass is 10.1. The van der Waals surface area contributed by atoms with Crippen molar-refractivity contribution in [3.63, 3.8) is 0 Å². The fourth-order valence-electron chi connectivity index (χ4n) is 2.49. The summed E-state index contributed by atoms with van der Waals surface area (Å²) in [5, 5.41) is 3.92. The van der Waals surface area contributed by atoms with Crippen LogP contribution >= 0.6 is 0 Å². The van der Waals surface area contributed by atoms with Gasteiger partial charge in [-0.15, -0.1) is 0 Å². The van der Waals surface area contributed by atoms with Gasteiger partial charge in [-0.2, -0.15) is 4.98 Å². The molecular formula is C13H23N3O3S. The predicted molar refractivity (Wildman–Crippen MR) is 76.0 cm³/mol. The average molecular weight is 301 g/mol. The summed E-state index contributed by atoms with van der Waals surface area (Å²) in [4.78, 5) is 6.43. The van der Waals surface area contributed by atoms with Crippen molar-refractivity contribution < 1.29 is 12.9 Å². The maximum Gasteiger partial charge on any atom is 0.240 e. The standard InChI is InChI=1S/C13H23N3O3S/c1-3-4-12-14-13(19-15-12)9-16(2)7-5-11-6-8-20(17,18)10-11/h11H,3-10H2,1-2H3/t11-/m0/s1. The third-order valence-corrected chi connectivity index (χ3v) is 5.47. The van der Waals surface area contributed by atoms with E-state index in [1.165, 1.54) is 0 Å². The van der Waals surface area contributed by atoms with Crippen molar-refractivity contribution in [1.82, 2.24) is 15.0 Å².